The van der Waals surface area contributed by atoms with Crippen LogP contribution < -0.4 is 5.32 Å². The molecule has 26 heavy (non-hydrogen) atoms. The normalized spacial score (nSPS) is 11.1. The molecule has 138 valence electrons. The second-order valence-electron chi connectivity index (χ2n) is 6.12. The van der Waals surface area contributed by atoms with E-state index in [1.165, 1.54) is 23.1 Å². The molecule has 1 N–H and O–H groups in total. The SMILES string of the molecule is CN(C)C(=O)c1ccc(Cl)c(NC(=O)c2cccc(CS(C)(=O)=O)c2)c1. The van der Waals surface area contributed by atoms with Crippen molar-refractivity contribution in [2.75, 3.05) is 25.7 Å². The third kappa shape index (κ3) is 5.31. The van der Waals surface area contributed by atoms with Gasteiger partial charge in [0, 0.05) is 31.5 Å². The van der Waals surface area contributed by atoms with Crippen LogP contribution in [-0.4, -0.2) is 45.5 Å². The van der Waals surface area contributed by atoms with Crippen molar-refractivity contribution in [3.8, 4) is 0 Å². The Morgan fingerprint density at radius 3 is 2.38 bits per heavy atom. The summed E-state index contributed by atoms with van der Waals surface area (Å²) in [6, 6.07) is 11.0. The minimum absolute atomic E-state index is 0.151. The smallest absolute Gasteiger partial charge is 0.255 e. The summed E-state index contributed by atoms with van der Waals surface area (Å²) in [7, 11) is 0.0514. The molecule has 0 bridgehead atoms. The zero-order chi connectivity index (χ0) is 19.5. The Morgan fingerprint density at radius 1 is 1.08 bits per heavy atom. The summed E-state index contributed by atoms with van der Waals surface area (Å²) in [6.07, 6.45) is 1.13. The minimum Gasteiger partial charge on any atom is -0.345 e. The lowest BCUT2D eigenvalue weighted by Gasteiger charge is -2.13. The Morgan fingerprint density at radius 2 is 1.77 bits per heavy atom. The Labute approximate surface area is 157 Å². The number of benzene rings is 2. The number of nitrogens with one attached hydrogen (secondary N) is 1. The Balaban J connectivity index is 2.26. The molecule has 0 aliphatic carbocycles. The monoisotopic (exact) mass is 394 g/mol. The molecule has 2 rings (SSSR count). The number of carbonyl (C=O) groups is 2. The van der Waals surface area contributed by atoms with E-state index in [4.69, 9.17) is 11.6 Å². The molecule has 0 spiro atoms. The maximum absolute atomic E-state index is 12.5. The summed E-state index contributed by atoms with van der Waals surface area (Å²) < 4.78 is 22.8. The third-order valence-corrected chi connectivity index (χ3v) is 4.67. The van der Waals surface area contributed by atoms with Gasteiger partial charge in [0.25, 0.3) is 11.8 Å². The summed E-state index contributed by atoms with van der Waals surface area (Å²) in [5.74, 6) is -0.814. The lowest BCUT2D eigenvalue weighted by Crippen LogP contribution is -2.22. The van der Waals surface area contributed by atoms with Gasteiger partial charge in [0.1, 0.15) is 0 Å². The summed E-state index contributed by atoms with van der Waals surface area (Å²) in [4.78, 5) is 26.0. The zero-order valence-corrected chi connectivity index (χ0v) is 16.2. The van der Waals surface area contributed by atoms with Crippen LogP contribution in [0.15, 0.2) is 42.5 Å². The lowest BCUT2D eigenvalue weighted by molar-refractivity contribution is 0.0827. The summed E-state index contributed by atoms with van der Waals surface area (Å²) in [5, 5.41) is 2.95. The highest BCUT2D eigenvalue weighted by molar-refractivity contribution is 7.89. The Hall–Kier alpha value is -2.38. The number of hydrogen-bond acceptors (Lipinski definition) is 4. The van der Waals surface area contributed by atoms with Crippen LogP contribution in [0.1, 0.15) is 26.3 Å². The first-order chi connectivity index (χ1) is 12.1. The number of halogens is 1. The van der Waals surface area contributed by atoms with E-state index in [9.17, 15) is 18.0 Å². The number of rotatable bonds is 5. The molecule has 0 radical (unpaired) electrons. The van der Waals surface area contributed by atoms with E-state index < -0.39 is 15.7 Å². The van der Waals surface area contributed by atoms with Crippen molar-refractivity contribution in [1.82, 2.24) is 4.90 Å². The van der Waals surface area contributed by atoms with Crippen molar-refractivity contribution >= 4 is 38.9 Å². The van der Waals surface area contributed by atoms with Crippen molar-refractivity contribution in [3.05, 3.63) is 64.2 Å². The first-order valence-electron chi connectivity index (χ1n) is 7.66. The van der Waals surface area contributed by atoms with Crippen molar-refractivity contribution in [1.29, 1.82) is 0 Å². The fourth-order valence-electron chi connectivity index (χ4n) is 2.31. The molecular weight excluding hydrogens is 376 g/mol. The Kier molecular flexibility index (Phi) is 6.05. The average molecular weight is 395 g/mol. The van der Waals surface area contributed by atoms with Gasteiger partial charge in [-0.3, -0.25) is 9.59 Å². The number of carbonyl (C=O) groups excluding carboxylic acids is 2. The topological polar surface area (TPSA) is 83.6 Å². The first kappa shape index (κ1) is 19.9. The fourth-order valence-corrected chi connectivity index (χ4v) is 3.26. The number of hydrogen-bond donors (Lipinski definition) is 1. The highest BCUT2D eigenvalue weighted by Crippen LogP contribution is 2.24. The number of nitrogens with zero attached hydrogens (tertiary/aromatic N) is 1. The lowest BCUT2D eigenvalue weighted by atomic mass is 10.1. The van der Waals surface area contributed by atoms with Crippen LogP contribution in [0, 0.1) is 0 Å². The largest absolute Gasteiger partial charge is 0.345 e. The first-order valence-corrected chi connectivity index (χ1v) is 10.1. The molecule has 2 aromatic carbocycles. The van der Waals surface area contributed by atoms with Crippen LogP contribution in [-0.2, 0) is 15.6 Å². The predicted molar refractivity (Wildman–Crippen MR) is 102 cm³/mol. The van der Waals surface area contributed by atoms with Gasteiger partial charge in [-0.1, -0.05) is 23.7 Å². The third-order valence-electron chi connectivity index (χ3n) is 3.49. The van der Waals surface area contributed by atoms with Crippen LogP contribution in [0.2, 0.25) is 5.02 Å². The van der Waals surface area contributed by atoms with Crippen molar-refractivity contribution in [3.63, 3.8) is 0 Å². The molecule has 6 nitrogen and oxygen atoms in total. The molecule has 0 saturated carbocycles. The van der Waals surface area contributed by atoms with Crippen LogP contribution in [0.3, 0.4) is 0 Å². The fraction of sp³-hybridized carbons (Fsp3) is 0.222. The summed E-state index contributed by atoms with van der Waals surface area (Å²) in [5.41, 5.74) is 1.51. The maximum Gasteiger partial charge on any atom is 0.255 e. The van der Waals surface area contributed by atoms with Gasteiger partial charge in [-0.2, -0.15) is 0 Å². The number of sulfone groups is 1. The molecule has 0 fully saturated rings. The minimum atomic E-state index is -3.20. The van der Waals surface area contributed by atoms with E-state index in [0.717, 1.165) is 6.26 Å². The van der Waals surface area contributed by atoms with Gasteiger partial charge in [0.05, 0.1) is 16.5 Å². The number of amides is 2. The molecule has 2 amide bonds. The van der Waals surface area contributed by atoms with E-state index in [-0.39, 0.29) is 11.7 Å². The van der Waals surface area contributed by atoms with Gasteiger partial charge >= 0.3 is 0 Å². The van der Waals surface area contributed by atoms with Crippen LogP contribution in [0.5, 0.6) is 0 Å². The standard InChI is InChI=1S/C18H19ClN2O4S/c1-21(2)18(23)14-7-8-15(19)16(10-14)20-17(22)13-6-4-5-12(9-13)11-26(3,24)25/h4-10H,11H2,1-3H3,(H,20,22). The molecule has 2 aromatic rings. The molecule has 0 heterocycles. The molecular formula is C18H19ClN2O4S. The van der Waals surface area contributed by atoms with Crippen molar-refractivity contribution in [2.24, 2.45) is 0 Å². The molecule has 0 unspecified atom stereocenters. The van der Waals surface area contributed by atoms with E-state index in [2.05, 4.69) is 5.32 Å². The molecule has 0 aliphatic heterocycles. The molecule has 8 heteroatoms. The van der Waals surface area contributed by atoms with E-state index in [1.54, 1.807) is 38.4 Å². The van der Waals surface area contributed by atoms with Gasteiger partial charge in [-0.25, -0.2) is 8.42 Å². The highest BCUT2D eigenvalue weighted by atomic mass is 35.5. The van der Waals surface area contributed by atoms with Crippen LogP contribution in [0.25, 0.3) is 0 Å². The zero-order valence-electron chi connectivity index (χ0n) is 14.6. The highest BCUT2D eigenvalue weighted by Gasteiger charge is 2.14. The summed E-state index contributed by atoms with van der Waals surface area (Å²) in [6.45, 7) is 0. The van der Waals surface area contributed by atoms with Crippen LogP contribution in [0.4, 0.5) is 5.69 Å². The second-order valence-corrected chi connectivity index (χ2v) is 8.67. The predicted octanol–water partition coefficient (Wildman–Crippen LogP) is 2.84. The van der Waals surface area contributed by atoms with Gasteiger partial charge in [-0.05, 0) is 35.9 Å². The van der Waals surface area contributed by atoms with E-state index in [0.29, 0.717) is 27.4 Å². The molecule has 0 aliphatic rings. The van der Waals surface area contributed by atoms with Crippen molar-refractivity contribution in [2.45, 2.75) is 5.75 Å². The van der Waals surface area contributed by atoms with E-state index in [1.807, 2.05) is 0 Å². The quantitative estimate of drug-likeness (QED) is 0.845. The molecule has 0 atom stereocenters. The second kappa shape index (κ2) is 7.88. The number of anilines is 1. The molecule has 0 aromatic heterocycles. The maximum atomic E-state index is 12.5. The van der Waals surface area contributed by atoms with E-state index >= 15 is 0 Å². The van der Waals surface area contributed by atoms with Gasteiger partial charge in [-0.15, -0.1) is 0 Å². The van der Waals surface area contributed by atoms with Gasteiger partial charge in [0.15, 0.2) is 9.84 Å². The summed E-state index contributed by atoms with van der Waals surface area (Å²) >= 11 is 6.11. The average Bonchev–Trinajstić information content (AvgIpc) is 2.54. The van der Waals surface area contributed by atoms with Crippen molar-refractivity contribution < 1.29 is 18.0 Å². The Bertz CT molecular complexity index is 955. The molecule has 0 saturated heterocycles. The van der Waals surface area contributed by atoms with Crippen LogP contribution >= 0.6 is 11.6 Å². The van der Waals surface area contributed by atoms with Gasteiger partial charge in [0.2, 0.25) is 0 Å². The van der Waals surface area contributed by atoms with Gasteiger partial charge < -0.3 is 10.2 Å².